The van der Waals surface area contributed by atoms with Crippen LogP contribution in [0.2, 0.25) is 5.02 Å². The van der Waals surface area contributed by atoms with Crippen molar-refractivity contribution in [3.8, 4) is 28.6 Å². The lowest BCUT2D eigenvalue weighted by Crippen LogP contribution is -2.44. The molecular formula is C38H39ClF6N6O4. The lowest BCUT2D eigenvalue weighted by Gasteiger charge is -2.30. The number of aromatic nitrogens is 3. The molecule has 0 bridgehead atoms. The minimum Gasteiger partial charge on any atom is -0.508 e. The molecule has 2 aromatic heterocycles. The van der Waals surface area contributed by atoms with Crippen LogP contribution in [0.15, 0.2) is 42.6 Å². The molecular weight excluding hydrogens is 754 g/mol. The lowest BCUT2D eigenvalue weighted by atomic mass is 9.91. The molecule has 3 aromatic carbocycles. The fraction of sp³-hybridized carbons (Fsp3) is 0.395. The van der Waals surface area contributed by atoms with Crippen LogP contribution in [-0.4, -0.2) is 89.9 Å². The van der Waals surface area contributed by atoms with Crippen LogP contribution in [0, 0.1) is 11.6 Å². The van der Waals surface area contributed by atoms with Gasteiger partial charge in [0.25, 0.3) is 5.92 Å². The normalized spacial score (nSPS) is 18.7. The molecule has 0 aliphatic carbocycles. The van der Waals surface area contributed by atoms with Gasteiger partial charge in [0.1, 0.15) is 34.8 Å². The van der Waals surface area contributed by atoms with Gasteiger partial charge in [-0.2, -0.15) is 9.97 Å². The molecule has 5 heterocycles. The summed E-state index contributed by atoms with van der Waals surface area (Å²) in [5, 5.41) is 11.8. The zero-order chi connectivity index (χ0) is 39.8. The summed E-state index contributed by atoms with van der Waals surface area (Å²) < 4.78 is 94.8. The van der Waals surface area contributed by atoms with Crippen LogP contribution in [0.4, 0.5) is 38.0 Å². The lowest BCUT2D eigenvalue weighted by molar-refractivity contribution is 0.0146. The Morgan fingerprint density at radius 1 is 1.13 bits per heavy atom. The Bertz CT molecular complexity index is 2210. The standard InChI is InChI=1S/C31H26ClF2N5O4.C5H9F2N.C2H4F2/c1-3-17-19(33)7-6-14-9-16(40)10-18(22(14)17)23-25(32)28-24-27(26(23)34)37-31(41-2)38-30(24)39(20-12-42-13-21(20)43-28)11-15-5-4-8-36-29(15)35;1-8-3-2-5(6,7)4-8;1-2(3)4/h4-10,20-21,40H,3,11-13H2,1-2H3,(H2,35,36);2-4H2,1H3;2H,1H3. The summed E-state index contributed by atoms with van der Waals surface area (Å²) in [5.41, 5.74) is 7.31. The summed E-state index contributed by atoms with van der Waals surface area (Å²) in [6, 6.07) is 8.94. The van der Waals surface area contributed by atoms with E-state index in [-0.39, 0.29) is 76.7 Å². The van der Waals surface area contributed by atoms with Gasteiger partial charge in [0.2, 0.25) is 6.43 Å². The highest BCUT2D eigenvalue weighted by atomic mass is 35.5. The van der Waals surface area contributed by atoms with Crippen LogP contribution >= 0.6 is 11.6 Å². The predicted octanol–water partition coefficient (Wildman–Crippen LogP) is 8.03. The molecule has 294 valence electrons. The number of methoxy groups -OCH3 is 1. The third-order valence-corrected chi connectivity index (χ3v) is 9.83. The number of benzene rings is 3. The predicted molar refractivity (Wildman–Crippen MR) is 198 cm³/mol. The molecule has 55 heavy (non-hydrogen) atoms. The molecule has 2 saturated heterocycles. The summed E-state index contributed by atoms with van der Waals surface area (Å²) in [5.74, 6) is -2.97. The van der Waals surface area contributed by atoms with E-state index in [1.807, 2.05) is 11.0 Å². The van der Waals surface area contributed by atoms with Gasteiger partial charge in [-0.05, 0) is 66.6 Å². The molecule has 3 aliphatic heterocycles. The number of aromatic hydroxyl groups is 1. The van der Waals surface area contributed by atoms with E-state index in [0.717, 1.165) is 12.5 Å². The van der Waals surface area contributed by atoms with Gasteiger partial charge in [0.15, 0.2) is 11.6 Å². The van der Waals surface area contributed by atoms with E-state index in [2.05, 4.69) is 15.0 Å². The van der Waals surface area contributed by atoms with Gasteiger partial charge in [-0.3, -0.25) is 0 Å². The monoisotopic (exact) mass is 792 g/mol. The smallest absolute Gasteiger partial charge is 0.318 e. The number of anilines is 2. The number of phenols is 1. The molecule has 0 radical (unpaired) electrons. The first-order valence-electron chi connectivity index (χ1n) is 17.4. The fourth-order valence-electron chi connectivity index (χ4n) is 7.03. The maximum atomic E-state index is 17.0. The molecule has 2 atom stereocenters. The van der Waals surface area contributed by atoms with E-state index in [4.69, 9.17) is 31.5 Å². The number of likely N-dealkylation sites (tertiary alicyclic amines) is 1. The van der Waals surface area contributed by atoms with Gasteiger partial charge in [-0.15, -0.1) is 0 Å². The molecule has 3 N–H and O–H groups in total. The summed E-state index contributed by atoms with van der Waals surface area (Å²) in [6.07, 6.45) is -0.722. The number of fused-ring (bicyclic) bond motifs is 2. The van der Waals surface area contributed by atoms with Crippen LogP contribution in [0.25, 0.3) is 32.8 Å². The Hall–Kier alpha value is -4.80. The highest BCUT2D eigenvalue weighted by molar-refractivity contribution is 6.37. The van der Waals surface area contributed by atoms with Crippen molar-refractivity contribution in [3.63, 3.8) is 0 Å². The van der Waals surface area contributed by atoms with Crippen LogP contribution in [0.3, 0.4) is 0 Å². The first-order chi connectivity index (χ1) is 26.1. The number of aryl methyl sites for hydroxylation is 1. The largest absolute Gasteiger partial charge is 0.508 e. The van der Waals surface area contributed by atoms with Crippen molar-refractivity contribution < 1.29 is 45.7 Å². The average molecular weight is 793 g/mol. The Balaban J connectivity index is 0.000000370. The first-order valence-corrected chi connectivity index (χ1v) is 17.8. The first kappa shape index (κ1) is 39.9. The van der Waals surface area contributed by atoms with Crippen molar-refractivity contribution in [2.75, 3.05) is 51.1 Å². The third-order valence-electron chi connectivity index (χ3n) is 9.47. The number of alkyl halides is 4. The maximum Gasteiger partial charge on any atom is 0.318 e. The van der Waals surface area contributed by atoms with E-state index >= 15 is 8.78 Å². The number of phenolic OH excluding ortho intramolecular Hbond substituents is 1. The van der Waals surface area contributed by atoms with E-state index in [9.17, 15) is 22.7 Å². The SMILES string of the molecule is CC(F)F.CCc1c(F)ccc2cc(O)cc(-c3c(Cl)c4c5c(nc(OC)nc5c3F)N(Cc3cccnc3N)C3COCC3O4)c12.CN1CCC(F)(F)C1. The third kappa shape index (κ3) is 8.12. The van der Waals surface area contributed by atoms with E-state index < -0.39 is 30.1 Å². The van der Waals surface area contributed by atoms with Gasteiger partial charge in [0, 0.05) is 36.8 Å². The number of nitrogens with two attached hydrogens (primary N) is 1. The molecule has 5 aromatic rings. The number of pyridine rings is 1. The van der Waals surface area contributed by atoms with Crippen molar-refractivity contribution in [1.29, 1.82) is 0 Å². The van der Waals surface area contributed by atoms with Crippen molar-refractivity contribution in [1.82, 2.24) is 19.9 Å². The zero-order valence-electron chi connectivity index (χ0n) is 30.4. The number of nitrogens with zero attached hydrogens (tertiary/aromatic N) is 5. The van der Waals surface area contributed by atoms with Gasteiger partial charge in [-0.1, -0.05) is 30.7 Å². The van der Waals surface area contributed by atoms with Crippen LogP contribution in [0.1, 0.15) is 31.4 Å². The molecule has 10 nitrogen and oxygen atoms in total. The molecule has 0 saturated carbocycles. The molecule has 0 spiro atoms. The van der Waals surface area contributed by atoms with Crippen molar-refractivity contribution in [3.05, 3.63) is 70.4 Å². The molecule has 2 fully saturated rings. The van der Waals surface area contributed by atoms with Gasteiger partial charge >= 0.3 is 6.01 Å². The fourth-order valence-corrected chi connectivity index (χ4v) is 7.35. The number of hydrogen-bond acceptors (Lipinski definition) is 10. The van der Waals surface area contributed by atoms with Gasteiger partial charge < -0.3 is 34.9 Å². The van der Waals surface area contributed by atoms with Crippen LogP contribution < -0.4 is 20.1 Å². The second-order valence-corrected chi connectivity index (χ2v) is 13.7. The second kappa shape index (κ2) is 16.1. The molecule has 2 unspecified atom stereocenters. The minimum absolute atomic E-state index is 0.0312. The second-order valence-electron chi connectivity index (χ2n) is 13.4. The number of halogens is 7. The average Bonchev–Trinajstić information content (AvgIpc) is 3.69. The highest BCUT2D eigenvalue weighted by Gasteiger charge is 2.42. The summed E-state index contributed by atoms with van der Waals surface area (Å²) in [7, 11) is 3.10. The van der Waals surface area contributed by atoms with Crippen LogP contribution in [-0.2, 0) is 17.7 Å². The zero-order valence-corrected chi connectivity index (χ0v) is 31.1. The number of rotatable bonds is 5. The Kier molecular flexibility index (Phi) is 11.7. The van der Waals surface area contributed by atoms with E-state index in [0.29, 0.717) is 47.5 Å². The summed E-state index contributed by atoms with van der Waals surface area (Å²) in [6.45, 7) is 3.92. The van der Waals surface area contributed by atoms with Crippen LogP contribution in [0.5, 0.6) is 17.5 Å². The number of hydrogen-bond donors (Lipinski definition) is 2. The van der Waals surface area contributed by atoms with E-state index in [1.54, 1.807) is 31.1 Å². The number of ether oxygens (including phenoxy) is 3. The Morgan fingerprint density at radius 3 is 2.49 bits per heavy atom. The molecule has 17 heteroatoms. The van der Waals surface area contributed by atoms with Crippen molar-refractivity contribution in [2.45, 2.75) is 57.7 Å². The highest BCUT2D eigenvalue weighted by Crippen LogP contribution is 2.51. The molecule has 8 rings (SSSR count). The summed E-state index contributed by atoms with van der Waals surface area (Å²) >= 11 is 7.07. The van der Waals surface area contributed by atoms with Gasteiger partial charge in [0.05, 0.1) is 43.3 Å². The Morgan fingerprint density at radius 2 is 1.87 bits per heavy atom. The van der Waals surface area contributed by atoms with Crippen molar-refractivity contribution >= 4 is 44.9 Å². The molecule has 0 amide bonds. The van der Waals surface area contributed by atoms with Crippen molar-refractivity contribution in [2.24, 2.45) is 0 Å². The summed E-state index contributed by atoms with van der Waals surface area (Å²) in [4.78, 5) is 16.8. The van der Waals surface area contributed by atoms with Gasteiger partial charge in [-0.25, -0.2) is 31.3 Å². The minimum atomic E-state index is -2.41. The molecule has 3 aliphatic rings. The Labute approximate surface area is 317 Å². The maximum absolute atomic E-state index is 17.0. The topological polar surface area (TPSA) is 119 Å². The quantitative estimate of drug-likeness (QED) is 0.169. The van der Waals surface area contributed by atoms with E-state index in [1.165, 1.54) is 31.4 Å². The number of nitrogen functional groups attached to an aromatic ring is 1.